The van der Waals surface area contributed by atoms with Gasteiger partial charge in [0.2, 0.25) is 0 Å². The molecule has 0 spiro atoms. The number of rotatable bonds is 3. The van der Waals surface area contributed by atoms with E-state index in [-0.39, 0.29) is 11.9 Å². The van der Waals surface area contributed by atoms with Crippen molar-refractivity contribution in [3.05, 3.63) is 18.4 Å². The molecule has 1 atom stereocenters. The second-order valence-corrected chi connectivity index (χ2v) is 3.12. The lowest BCUT2D eigenvalue weighted by Gasteiger charge is -2.12. The average Bonchev–Trinajstić information content (AvgIpc) is 2.55. The largest absolute Gasteiger partial charge is 0.434 e. The first kappa shape index (κ1) is 9.80. The van der Waals surface area contributed by atoms with Gasteiger partial charge in [-0.1, -0.05) is 13.8 Å². The fraction of sp³-hybridized carbons (Fsp3) is 0.444. The highest BCUT2D eigenvalue weighted by molar-refractivity contribution is 5.77. The van der Waals surface area contributed by atoms with Crippen LogP contribution in [0.3, 0.4) is 0 Å². The van der Waals surface area contributed by atoms with Crippen LogP contribution < -0.4 is 10.5 Å². The summed E-state index contributed by atoms with van der Waals surface area (Å²) in [6, 6.07) is 2.60. The van der Waals surface area contributed by atoms with Crippen LogP contribution in [0.1, 0.15) is 13.8 Å². The maximum Gasteiger partial charge on any atom is 0.330 e. The third kappa shape index (κ3) is 2.59. The van der Waals surface area contributed by atoms with Crippen molar-refractivity contribution in [1.82, 2.24) is 0 Å². The van der Waals surface area contributed by atoms with Gasteiger partial charge in [0, 0.05) is 6.07 Å². The Morgan fingerprint density at radius 1 is 1.62 bits per heavy atom. The van der Waals surface area contributed by atoms with Crippen molar-refractivity contribution in [3.63, 3.8) is 0 Å². The second kappa shape index (κ2) is 4.09. The molecule has 1 rings (SSSR count). The van der Waals surface area contributed by atoms with E-state index in [4.69, 9.17) is 14.9 Å². The van der Waals surface area contributed by atoms with E-state index in [0.717, 1.165) is 0 Å². The van der Waals surface area contributed by atoms with E-state index >= 15 is 0 Å². The fourth-order valence-electron chi connectivity index (χ4n) is 0.761. The number of nitrogens with two attached hydrogens (primary N) is 1. The van der Waals surface area contributed by atoms with Gasteiger partial charge in [-0.25, -0.2) is 4.79 Å². The Labute approximate surface area is 76.7 Å². The van der Waals surface area contributed by atoms with Crippen LogP contribution in [-0.2, 0) is 4.79 Å². The van der Waals surface area contributed by atoms with Gasteiger partial charge in [0.15, 0.2) is 0 Å². The molecule has 4 heteroatoms. The molecule has 13 heavy (non-hydrogen) atoms. The fourth-order valence-corrected chi connectivity index (χ4v) is 0.761. The molecule has 0 aromatic carbocycles. The Morgan fingerprint density at radius 3 is 2.77 bits per heavy atom. The molecule has 1 heterocycles. The van der Waals surface area contributed by atoms with E-state index in [9.17, 15) is 4.79 Å². The van der Waals surface area contributed by atoms with Crippen molar-refractivity contribution in [2.45, 2.75) is 19.9 Å². The Balaban J connectivity index is 2.51. The van der Waals surface area contributed by atoms with Crippen molar-refractivity contribution in [1.29, 1.82) is 0 Å². The summed E-state index contributed by atoms with van der Waals surface area (Å²) in [5, 5.41) is 0. The molecule has 2 N–H and O–H groups in total. The van der Waals surface area contributed by atoms with Gasteiger partial charge in [-0.3, -0.25) is 0 Å². The highest BCUT2D eigenvalue weighted by Crippen LogP contribution is 2.11. The molecular weight excluding hydrogens is 170 g/mol. The minimum atomic E-state index is -0.606. The van der Waals surface area contributed by atoms with Crippen LogP contribution in [-0.4, -0.2) is 12.0 Å². The number of carbonyl (C=O) groups is 1. The van der Waals surface area contributed by atoms with E-state index in [2.05, 4.69) is 0 Å². The summed E-state index contributed by atoms with van der Waals surface area (Å²) in [4.78, 5) is 11.2. The predicted molar refractivity (Wildman–Crippen MR) is 47.2 cm³/mol. The van der Waals surface area contributed by atoms with Gasteiger partial charge in [-0.05, 0) is 12.0 Å². The van der Waals surface area contributed by atoms with Gasteiger partial charge in [0.05, 0.1) is 6.26 Å². The van der Waals surface area contributed by atoms with Crippen molar-refractivity contribution < 1.29 is 13.9 Å². The summed E-state index contributed by atoms with van der Waals surface area (Å²) in [6.07, 6.45) is 1.43. The number of hydrogen-bond acceptors (Lipinski definition) is 4. The van der Waals surface area contributed by atoms with Crippen molar-refractivity contribution in [2.24, 2.45) is 11.7 Å². The first-order chi connectivity index (χ1) is 6.11. The Hall–Kier alpha value is -1.29. The van der Waals surface area contributed by atoms with Gasteiger partial charge in [-0.15, -0.1) is 0 Å². The summed E-state index contributed by atoms with van der Waals surface area (Å²) in [5.41, 5.74) is 5.56. The summed E-state index contributed by atoms with van der Waals surface area (Å²) in [6.45, 7) is 3.71. The zero-order valence-electron chi connectivity index (χ0n) is 7.69. The third-order valence-electron chi connectivity index (χ3n) is 1.69. The number of ether oxygens (including phenoxy) is 1. The molecule has 0 unspecified atom stereocenters. The van der Waals surface area contributed by atoms with Crippen LogP contribution in [0.15, 0.2) is 22.8 Å². The molecule has 0 amide bonds. The van der Waals surface area contributed by atoms with Crippen molar-refractivity contribution >= 4 is 5.97 Å². The highest BCUT2D eigenvalue weighted by Gasteiger charge is 2.20. The minimum Gasteiger partial charge on any atom is -0.434 e. The zero-order chi connectivity index (χ0) is 9.84. The molecule has 0 aliphatic carbocycles. The SMILES string of the molecule is CC(C)[C@H](N)C(=O)Oc1ccco1. The van der Waals surface area contributed by atoms with Crippen LogP contribution in [0.2, 0.25) is 0 Å². The summed E-state index contributed by atoms with van der Waals surface area (Å²) < 4.78 is 9.68. The first-order valence-corrected chi connectivity index (χ1v) is 4.12. The van der Waals surface area contributed by atoms with Crippen LogP contribution in [0.5, 0.6) is 5.95 Å². The van der Waals surface area contributed by atoms with Crippen molar-refractivity contribution in [3.8, 4) is 5.95 Å². The van der Waals surface area contributed by atoms with Gasteiger partial charge >= 0.3 is 5.97 Å². The Bertz CT molecular complexity index is 266. The predicted octanol–water partition coefficient (Wildman–Crippen LogP) is 1.17. The molecule has 4 nitrogen and oxygen atoms in total. The lowest BCUT2D eigenvalue weighted by atomic mass is 10.1. The molecule has 0 aliphatic heterocycles. The lowest BCUT2D eigenvalue weighted by molar-refractivity contribution is -0.138. The number of hydrogen-bond donors (Lipinski definition) is 1. The molecule has 1 aromatic heterocycles. The van der Waals surface area contributed by atoms with Crippen LogP contribution >= 0.6 is 0 Å². The van der Waals surface area contributed by atoms with Gasteiger partial charge in [0.25, 0.3) is 5.95 Å². The van der Waals surface area contributed by atoms with E-state index in [1.165, 1.54) is 6.26 Å². The molecule has 72 valence electrons. The summed E-state index contributed by atoms with van der Waals surface area (Å²) in [7, 11) is 0. The van der Waals surface area contributed by atoms with Crippen LogP contribution in [0.25, 0.3) is 0 Å². The van der Waals surface area contributed by atoms with E-state index < -0.39 is 12.0 Å². The number of furan rings is 1. The van der Waals surface area contributed by atoms with Crippen LogP contribution in [0, 0.1) is 5.92 Å². The minimum absolute atomic E-state index is 0.0578. The monoisotopic (exact) mass is 183 g/mol. The molecule has 0 bridgehead atoms. The van der Waals surface area contributed by atoms with E-state index in [1.54, 1.807) is 12.1 Å². The van der Waals surface area contributed by atoms with Gasteiger partial charge in [0.1, 0.15) is 6.04 Å². The number of esters is 1. The summed E-state index contributed by atoms with van der Waals surface area (Å²) >= 11 is 0. The third-order valence-corrected chi connectivity index (χ3v) is 1.69. The Morgan fingerprint density at radius 2 is 2.31 bits per heavy atom. The average molecular weight is 183 g/mol. The quantitative estimate of drug-likeness (QED) is 0.714. The molecule has 1 aromatic rings. The molecular formula is C9H13NO3. The molecule has 0 radical (unpaired) electrons. The van der Waals surface area contributed by atoms with Gasteiger partial charge in [-0.2, -0.15) is 0 Å². The molecule has 0 fully saturated rings. The van der Waals surface area contributed by atoms with Crippen LogP contribution in [0.4, 0.5) is 0 Å². The normalized spacial score (nSPS) is 12.9. The van der Waals surface area contributed by atoms with E-state index in [0.29, 0.717) is 0 Å². The Kier molecular flexibility index (Phi) is 3.08. The second-order valence-electron chi connectivity index (χ2n) is 3.12. The molecule has 0 saturated carbocycles. The van der Waals surface area contributed by atoms with Crippen molar-refractivity contribution in [2.75, 3.05) is 0 Å². The standard InChI is InChI=1S/C9H13NO3/c1-6(2)8(10)9(11)13-7-4-3-5-12-7/h3-6,8H,10H2,1-2H3/t8-/m0/s1. The lowest BCUT2D eigenvalue weighted by Crippen LogP contribution is -2.38. The van der Waals surface area contributed by atoms with E-state index in [1.807, 2.05) is 13.8 Å². The maximum atomic E-state index is 11.2. The maximum absolute atomic E-state index is 11.2. The smallest absolute Gasteiger partial charge is 0.330 e. The topological polar surface area (TPSA) is 65.5 Å². The van der Waals surface area contributed by atoms with Gasteiger partial charge < -0.3 is 14.9 Å². The zero-order valence-corrected chi connectivity index (χ0v) is 7.69. The molecule has 0 aliphatic rings. The first-order valence-electron chi connectivity index (χ1n) is 4.12. The highest BCUT2D eigenvalue weighted by atomic mass is 16.6. The summed E-state index contributed by atoms with van der Waals surface area (Å²) in [5.74, 6) is -0.228. The number of carbonyl (C=O) groups excluding carboxylic acids is 1. The molecule has 0 saturated heterocycles.